The summed E-state index contributed by atoms with van der Waals surface area (Å²) in [7, 11) is -1.91. The van der Waals surface area contributed by atoms with E-state index in [0.29, 0.717) is 18.8 Å². The summed E-state index contributed by atoms with van der Waals surface area (Å²) in [5, 5.41) is 4.42. The summed E-state index contributed by atoms with van der Waals surface area (Å²) in [5.74, 6) is 1.69. The van der Waals surface area contributed by atoms with Crippen LogP contribution < -0.4 is 14.8 Å². The number of hydrogen-bond acceptors (Lipinski definition) is 6. The van der Waals surface area contributed by atoms with Gasteiger partial charge in [0.2, 0.25) is 0 Å². The van der Waals surface area contributed by atoms with Crippen molar-refractivity contribution >= 4 is 32.6 Å². The van der Waals surface area contributed by atoms with E-state index in [1.165, 1.54) is 15.4 Å². The van der Waals surface area contributed by atoms with Crippen molar-refractivity contribution in [1.29, 1.82) is 0 Å². The molecule has 172 valence electrons. The molecule has 0 saturated carbocycles. The summed E-state index contributed by atoms with van der Waals surface area (Å²) < 4.78 is 41.0. The van der Waals surface area contributed by atoms with Gasteiger partial charge in [0.1, 0.15) is 11.6 Å². The third-order valence-corrected chi connectivity index (χ3v) is 8.40. The van der Waals surface area contributed by atoms with Gasteiger partial charge in [-0.3, -0.25) is 4.72 Å². The average Bonchev–Trinajstić information content (AvgIpc) is 3.55. The van der Waals surface area contributed by atoms with Crippen molar-refractivity contribution in [3.8, 4) is 5.75 Å². The minimum Gasteiger partial charge on any atom is -0.496 e. The maximum atomic E-state index is 12.9. The lowest BCUT2D eigenvalue weighted by Crippen LogP contribution is -2.44. The molecule has 2 bridgehead atoms. The van der Waals surface area contributed by atoms with Gasteiger partial charge >= 0.3 is 10.2 Å². The number of ether oxygens (including phenoxy) is 2. The second-order valence-corrected chi connectivity index (χ2v) is 10.5. The lowest BCUT2D eigenvalue weighted by molar-refractivity contribution is 0.0611. The van der Waals surface area contributed by atoms with E-state index in [4.69, 9.17) is 14.5 Å². The average molecular weight is 467 g/mol. The number of aromatic nitrogens is 1. The van der Waals surface area contributed by atoms with Crippen LogP contribution >= 0.6 is 0 Å². The fraction of sp³-hybridized carbons (Fsp3) is 0.375. The van der Waals surface area contributed by atoms with Gasteiger partial charge in [-0.25, -0.2) is 4.98 Å². The van der Waals surface area contributed by atoms with Crippen LogP contribution in [0.2, 0.25) is 0 Å². The number of methoxy groups -OCH3 is 1. The Bertz CT molecular complexity index is 1330. The highest BCUT2D eigenvalue weighted by atomic mass is 32.2. The highest BCUT2D eigenvalue weighted by Crippen LogP contribution is 2.39. The Labute approximate surface area is 193 Å². The number of nitrogens with one attached hydrogen (secondary N) is 2. The summed E-state index contributed by atoms with van der Waals surface area (Å²) >= 11 is 0. The number of benzene rings is 2. The van der Waals surface area contributed by atoms with Gasteiger partial charge in [-0.1, -0.05) is 12.1 Å². The molecule has 33 heavy (non-hydrogen) atoms. The highest BCUT2D eigenvalue weighted by Gasteiger charge is 2.45. The number of fused-ring (bicyclic) bond motifs is 4. The number of rotatable bonds is 6. The molecule has 2 fully saturated rings. The Morgan fingerprint density at radius 3 is 2.88 bits per heavy atom. The standard InChI is InChI=1S/C24H26N4O4S/c1-31-22-4-2-3-15-5-8-21(24(15)22)26-23-10-6-16-11-17(7-9-20(16)25-23)27-33(29,30)28-13-19-12-18(28)14-32-19/h2-4,6-7,9-11,18-19,21,27H,5,8,12-14H2,1H3,(H,25,26)/t18-,19+,21?/m0/s1. The van der Waals surface area contributed by atoms with E-state index in [2.05, 4.69) is 16.1 Å². The first kappa shape index (κ1) is 20.7. The van der Waals surface area contributed by atoms with Crippen LogP contribution in [0.5, 0.6) is 5.75 Å². The Hall–Kier alpha value is -2.88. The maximum absolute atomic E-state index is 12.9. The predicted octanol–water partition coefficient (Wildman–Crippen LogP) is 3.47. The van der Waals surface area contributed by atoms with Crippen molar-refractivity contribution in [2.24, 2.45) is 0 Å². The maximum Gasteiger partial charge on any atom is 0.302 e. The van der Waals surface area contributed by atoms with Crippen LogP contribution in [0.4, 0.5) is 11.5 Å². The zero-order valence-corrected chi connectivity index (χ0v) is 19.1. The second kappa shape index (κ2) is 7.86. The minimum absolute atomic E-state index is 0.0186. The van der Waals surface area contributed by atoms with Crippen molar-refractivity contribution in [2.75, 3.05) is 30.3 Å². The number of hydrogen-bond donors (Lipinski definition) is 2. The predicted molar refractivity (Wildman–Crippen MR) is 127 cm³/mol. The second-order valence-electron chi connectivity index (χ2n) is 8.89. The molecule has 0 spiro atoms. The van der Waals surface area contributed by atoms with Gasteiger partial charge in [-0.05, 0) is 61.2 Å². The quantitative estimate of drug-likeness (QED) is 0.578. The molecule has 0 radical (unpaired) electrons. The van der Waals surface area contributed by atoms with Crippen molar-refractivity contribution < 1.29 is 17.9 Å². The molecule has 2 aromatic carbocycles. The van der Waals surface area contributed by atoms with E-state index in [1.54, 1.807) is 13.2 Å². The van der Waals surface area contributed by atoms with Gasteiger partial charge in [-0.15, -0.1) is 0 Å². The number of anilines is 2. The summed E-state index contributed by atoms with van der Waals surface area (Å²) in [4.78, 5) is 4.76. The van der Waals surface area contributed by atoms with Crippen LogP contribution in [0.3, 0.4) is 0 Å². The summed E-state index contributed by atoms with van der Waals surface area (Å²) in [5.41, 5.74) is 3.84. The molecule has 3 atom stereocenters. The number of morpholine rings is 1. The number of nitrogens with zero attached hydrogens (tertiary/aromatic N) is 2. The first-order chi connectivity index (χ1) is 16.0. The number of aryl methyl sites for hydroxylation is 1. The molecule has 2 saturated heterocycles. The van der Waals surface area contributed by atoms with Gasteiger partial charge in [-0.2, -0.15) is 12.7 Å². The molecule has 0 amide bonds. The molecule has 8 nitrogen and oxygen atoms in total. The normalized spacial score (nSPS) is 24.2. The molecule has 1 aliphatic carbocycles. The zero-order valence-electron chi connectivity index (χ0n) is 18.3. The summed E-state index contributed by atoms with van der Waals surface area (Å²) in [6, 6.07) is 15.6. The van der Waals surface area contributed by atoms with Gasteiger partial charge in [0.05, 0.1) is 43.1 Å². The van der Waals surface area contributed by atoms with E-state index in [1.807, 2.05) is 36.4 Å². The Balaban J connectivity index is 1.21. The molecule has 3 aliphatic rings. The van der Waals surface area contributed by atoms with Crippen molar-refractivity contribution in [3.63, 3.8) is 0 Å². The van der Waals surface area contributed by atoms with Crippen LogP contribution in [0.1, 0.15) is 30.0 Å². The van der Waals surface area contributed by atoms with Crippen LogP contribution in [0, 0.1) is 0 Å². The minimum atomic E-state index is -3.61. The molecular formula is C24H26N4O4S. The molecule has 2 aliphatic heterocycles. The molecule has 1 aromatic heterocycles. The van der Waals surface area contributed by atoms with Crippen molar-refractivity contribution in [3.05, 3.63) is 59.7 Å². The molecule has 3 heterocycles. The summed E-state index contributed by atoms with van der Waals surface area (Å²) in [6.07, 6.45) is 2.78. The lowest BCUT2D eigenvalue weighted by Gasteiger charge is -2.26. The lowest BCUT2D eigenvalue weighted by atomic mass is 10.1. The van der Waals surface area contributed by atoms with Gasteiger partial charge < -0.3 is 14.8 Å². The first-order valence-electron chi connectivity index (χ1n) is 11.2. The molecule has 1 unspecified atom stereocenters. The molecular weight excluding hydrogens is 440 g/mol. The van der Waals surface area contributed by atoms with Crippen molar-refractivity contribution in [2.45, 2.75) is 37.5 Å². The Kier molecular flexibility index (Phi) is 4.93. The van der Waals surface area contributed by atoms with E-state index in [9.17, 15) is 8.42 Å². The van der Waals surface area contributed by atoms with Crippen LogP contribution in [0.25, 0.3) is 10.9 Å². The molecule has 3 aromatic rings. The van der Waals surface area contributed by atoms with Crippen LogP contribution in [-0.2, 0) is 21.4 Å². The number of pyridine rings is 1. The smallest absolute Gasteiger partial charge is 0.302 e. The van der Waals surface area contributed by atoms with Crippen LogP contribution in [-0.4, -0.2) is 50.1 Å². The van der Waals surface area contributed by atoms with Crippen LogP contribution in [0.15, 0.2) is 48.5 Å². The third kappa shape index (κ3) is 3.70. The highest BCUT2D eigenvalue weighted by molar-refractivity contribution is 7.90. The van der Waals surface area contributed by atoms with E-state index in [0.717, 1.165) is 41.7 Å². The largest absolute Gasteiger partial charge is 0.496 e. The van der Waals surface area contributed by atoms with E-state index in [-0.39, 0.29) is 18.2 Å². The Morgan fingerprint density at radius 2 is 2.09 bits per heavy atom. The monoisotopic (exact) mass is 466 g/mol. The van der Waals surface area contributed by atoms with Gasteiger partial charge in [0, 0.05) is 17.5 Å². The van der Waals surface area contributed by atoms with Gasteiger partial charge in [0.15, 0.2) is 0 Å². The Morgan fingerprint density at radius 1 is 1.18 bits per heavy atom. The summed E-state index contributed by atoms with van der Waals surface area (Å²) in [6.45, 7) is 0.888. The van der Waals surface area contributed by atoms with E-state index >= 15 is 0 Å². The molecule has 9 heteroatoms. The fourth-order valence-electron chi connectivity index (χ4n) is 5.28. The van der Waals surface area contributed by atoms with E-state index < -0.39 is 10.2 Å². The first-order valence-corrected chi connectivity index (χ1v) is 12.7. The fourth-order valence-corrected chi connectivity index (χ4v) is 6.73. The topological polar surface area (TPSA) is 92.8 Å². The zero-order chi connectivity index (χ0) is 22.6. The third-order valence-electron chi connectivity index (χ3n) is 6.84. The van der Waals surface area contributed by atoms with Crippen molar-refractivity contribution in [1.82, 2.24) is 9.29 Å². The molecule has 2 N–H and O–H groups in total. The molecule has 6 rings (SSSR count). The SMILES string of the molecule is COc1cccc2c1C(Nc1ccc3cc(NS(=O)(=O)N4C[C@H]5C[C@H]4CO5)ccc3n1)CC2. The van der Waals surface area contributed by atoms with Gasteiger partial charge in [0.25, 0.3) is 0 Å².